The molecule has 0 aliphatic rings. The minimum absolute atomic E-state index is 0.191. The molecule has 7 rings (SSSR count). The molecule has 0 bridgehead atoms. The smallest absolute Gasteiger partial charge is 0.153 e. The zero-order valence-electron chi connectivity index (χ0n) is 23.8. The molecular weight excluding hydrogens is 522 g/mol. The van der Waals surface area contributed by atoms with Crippen LogP contribution >= 0.6 is 0 Å². The standard InChI is InChI=1S/C40H29N3/c1-27(42-26-43-40(41)28-12-3-2-4-13-28)29-14-11-15-30(24-29)32-16-5-6-17-33(32)31-22-23-38-36-20-8-7-18-34(36)35-19-9-10-21-37(35)39(38)25-31/h2-26,41H,1H3. The summed E-state index contributed by atoms with van der Waals surface area (Å²) in [6.07, 6.45) is 1.47. The summed E-state index contributed by atoms with van der Waals surface area (Å²) >= 11 is 0. The minimum atomic E-state index is 0.191. The van der Waals surface area contributed by atoms with E-state index in [1.165, 1.54) is 55.3 Å². The van der Waals surface area contributed by atoms with Crippen LogP contribution in [0.3, 0.4) is 0 Å². The highest BCUT2D eigenvalue weighted by atomic mass is 14.9. The summed E-state index contributed by atoms with van der Waals surface area (Å²) in [5.74, 6) is 0.191. The van der Waals surface area contributed by atoms with Crippen molar-refractivity contribution >= 4 is 50.2 Å². The second-order valence-corrected chi connectivity index (χ2v) is 10.7. The van der Waals surface area contributed by atoms with Gasteiger partial charge in [0.2, 0.25) is 0 Å². The molecule has 0 radical (unpaired) electrons. The second-order valence-electron chi connectivity index (χ2n) is 10.7. The van der Waals surface area contributed by atoms with Crippen molar-refractivity contribution in [1.82, 2.24) is 0 Å². The summed E-state index contributed by atoms with van der Waals surface area (Å²) < 4.78 is 0. The third-order valence-corrected chi connectivity index (χ3v) is 8.06. The van der Waals surface area contributed by atoms with Gasteiger partial charge in [-0.05, 0) is 79.2 Å². The van der Waals surface area contributed by atoms with Crippen LogP contribution in [0.4, 0.5) is 0 Å². The van der Waals surface area contributed by atoms with Gasteiger partial charge in [0.05, 0.1) is 0 Å². The maximum absolute atomic E-state index is 8.20. The van der Waals surface area contributed by atoms with Crippen LogP contribution in [0.2, 0.25) is 0 Å². The van der Waals surface area contributed by atoms with Crippen molar-refractivity contribution in [2.24, 2.45) is 9.98 Å². The Morgan fingerprint density at radius 2 is 1.00 bits per heavy atom. The van der Waals surface area contributed by atoms with Crippen LogP contribution in [-0.4, -0.2) is 17.9 Å². The molecule has 3 heteroatoms. The van der Waals surface area contributed by atoms with Crippen LogP contribution in [0.15, 0.2) is 156 Å². The van der Waals surface area contributed by atoms with Gasteiger partial charge in [-0.15, -0.1) is 0 Å². The molecule has 204 valence electrons. The third kappa shape index (κ3) is 5.02. The third-order valence-electron chi connectivity index (χ3n) is 8.06. The van der Waals surface area contributed by atoms with Crippen LogP contribution < -0.4 is 0 Å². The van der Waals surface area contributed by atoms with Gasteiger partial charge < -0.3 is 0 Å². The summed E-state index contributed by atoms with van der Waals surface area (Å²) in [6.45, 7) is 1.97. The van der Waals surface area contributed by atoms with Gasteiger partial charge in [-0.25, -0.2) is 9.98 Å². The molecule has 3 nitrogen and oxygen atoms in total. The average Bonchev–Trinajstić information content (AvgIpc) is 3.08. The number of hydrogen-bond acceptors (Lipinski definition) is 1. The van der Waals surface area contributed by atoms with E-state index in [1.54, 1.807) is 0 Å². The summed E-state index contributed by atoms with van der Waals surface area (Å²) in [5.41, 5.74) is 7.28. The Hall–Kier alpha value is -5.67. The molecule has 0 amide bonds. The quantitative estimate of drug-likeness (QED) is 0.126. The van der Waals surface area contributed by atoms with E-state index in [-0.39, 0.29) is 5.84 Å². The zero-order chi connectivity index (χ0) is 29.2. The van der Waals surface area contributed by atoms with Crippen molar-refractivity contribution in [2.45, 2.75) is 6.92 Å². The fourth-order valence-electron chi connectivity index (χ4n) is 5.89. The first kappa shape index (κ1) is 26.2. The van der Waals surface area contributed by atoms with E-state index in [2.05, 4.69) is 125 Å². The van der Waals surface area contributed by atoms with E-state index in [4.69, 9.17) is 5.41 Å². The molecule has 7 aromatic rings. The van der Waals surface area contributed by atoms with Crippen molar-refractivity contribution in [2.75, 3.05) is 0 Å². The van der Waals surface area contributed by atoms with Crippen molar-refractivity contribution in [3.05, 3.63) is 157 Å². The van der Waals surface area contributed by atoms with Crippen molar-refractivity contribution in [1.29, 1.82) is 5.41 Å². The lowest BCUT2D eigenvalue weighted by molar-refractivity contribution is 1.41. The number of fused-ring (bicyclic) bond motifs is 6. The average molecular weight is 552 g/mol. The molecule has 0 fully saturated rings. The Morgan fingerprint density at radius 1 is 0.488 bits per heavy atom. The first-order chi connectivity index (χ1) is 21.2. The van der Waals surface area contributed by atoms with Gasteiger partial charge in [0.1, 0.15) is 6.34 Å². The van der Waals surface area contributed by atoms with Gasteiger partial charge in [-0.2, -0.15) is 0 Å². The van der Waals surface area contributed by atoms with E-state index >= 15 is 0 Å². The number of nitrogens with one attached hydrogen (secondary N) is 1. The van der Waals surface area contributed by atoms with E-state index in [9.17, 15) is 0 Å². The van der Waals surface area contributed by atoms with Gasteiger partial charge in [0.25, 0.3) is 0 Å². The number of rotatable bonds is 5. The molecule has 0 saturated heterocycles. The molecule has 0 unspecified atom stereocenters. The fraction of sp³-hybridized carbons (Fsp3) is 0.0250. The largest absolute Gasteiger partial charge is 0.282 e. The molecule has 0 heterocycles. The maximum atomic E-state index is 8.20. The van der Waals surface area contributed by atoms with Crippen LogP contribution in [0.5, 0.6) is 0 Å². The Bertz CT molecular complexity index is 2170. The fourth-order valence-corrected chi connectivity index (χ4v) is 5.89. The van der Waals surface area contributed by atoms with Gasteiger partial charge in [-0.3, -0.25) is 5.41 Å². The van der Waals surface area contributed by atoms with E-state index in [0.29, 0.717) is 0 Å². The number of hydrogen-bond donors (Lipinski definition) is 1. The molecule has 0 aromatic heterocycles. The van der Waals surface area contributed by atoms with E-state index in [1.807, 2.05) is 37.3 Å². The highest BCUT2D eigenvalue weighted by Crippen LogP contribution is 2.39. The molecule has 0 saturated carbocycles. The normalized spacial score (nSPS) is 12.0. The first-order valence-electron chi connectivity index (χ1n) is 14.4. The summed E-state index contributed by atoms with van der Waals surface area (Å²) in [4.78, 5) is 8.78. The highest BCUT2D eigenvalue weighted by molar-refractivity contribution is 6.25. The number of aliphatic imine (C=N–C) groups is 2. The molecule has 7 aromatic carbocycles. The summed E-state index contributed by atoms with van der Waals surface area (Å²) in [5, 5.41) is 15.8. The van der Waals surface area contributed by atoms with Crippen molar-refractivity contribution < 1.29 is 0 Å². The molecular formula is C40H29N3. The van der Waals surface area contributed by atoms with Crippen LogP contribution in [0.25, 0.3) is 54.6 Å². The SMILES string of the molecule is CC(=NC=NC(=N)c1ccccc1)c1cccc(-c2ccccc2-c2ccc3c4ccccc4c4ccccc4c3c2)c1. The van der Waals surface area contributed by atoms with E-state index < -0.39 is 0 Å². The van der Waals surface area contributed by atoms with Gasteiger partial charge >= 0.3 is 0 Å². The Labute approximate surface area is 251 Å². The summed E-state index contributed by atoms with van der Waals surface area (Å²) in [7, 11) is 0. The van der Waals surface area contributed by atoms with Crippen molar-refractivity contribution in [3.8, 4) is 22.3 Å². The lowest BCUT2D eigenvalue weighted by Gasteiger charge is -2.14. The van der Waals surface area contributed by atoms with Crippen LogP contribution in [-0.2, 0) is 0 Å². The van der Waals surface area contributed by atoms with Crippen LogP contribution in [0, 0.1) is 5.41 Å². The predicted octanol–water partition coefficient (Wildman–Crippen LogP) is 10.3. The highest BCUT2D eigenvalue weighted by Gasteiger charge is 2.12. The molecule has 1 N–H and O–H groups in total. The number of amidine groups is 1. The minimum Gasteiger partial charge on any atom is -0.282 e. The van der Waals surface area contributed by atoms with E-state index in [0.717, 1.165) is 22.4 Å². The molecule has 0 aliphatic carbocycles. The number of benzene rings is 7. The van der Waals surface area contributed by atoms with Gasteiger partial charge in [0, 0.05) is 11.3 Å². The topological polar surface area (TPSA) is 48.6 Å². The van der Waals surface area contributed by atoms with Gasteiger partial charge in [-0.1, -0.05) is 133 Å². The lowest BCUT2D eigenvalue weighted by Crippen LogP contribution is -1.98. The zero-order valence-corrected chi connectivity index (χ0v) is 23.8. The maximum Gasteiger partial charge on any atom is 0.153 e. The Kier molecular flexibility index (Phi) is 6.90. The first-order valence-corrected chi connectivity index (χ1v) is 14.4. The summed E-state index contributed by atoms with van der Waals surface area (Å²) in [6, 6.07) is 50.8. The lowest BCUT2D eigenvalue weighted by atomic mass is 9.89. The predicted molar refractivity (Wildman–Crippen MR) is 184 cm³/mol. The van der Waals surface area contributed by atoms with Crippen molar-refractivity contribution in [3.63, 3.8) is 0 Å². The Balaban J connectivity index is 1.27. The molecule has 0 spiro atoms. The van der Waals surface area contributed by atoms with Gasteiger partial charge in [0.15, 0.2) is 5.84 Å². The molecule has 0 atom stereocenters. The number of nitrogens with zero attached hydrogens (tertiary/aromatic N) is 2. The molecule has 43 heavy (non-hydrogen) atoms. The monoisotopic (exact) mass is 551 g/mol. The van der Waals surface area contributed by atoms with Crippen LogP contribution in [0.1, 0.15) is 18.1 Å². The molecule has 0 aliphatic heterocycles. The Morgan fingerprint density at radius 3 is 1.65 bits per heavy atom. The second kappa shape index (κ2) is 11.3.